The minimum atomic E-state index is -0.738. The molecule has 0 radical (unpaired) electrons. The predicted molar refractivity (Wildman–Crippen MR) is 149 cm³/mol. The number of aliphatic hydroxyl groups is 1. The first-order valence-corrected chi connectivity index (χ1v) is 13.6. The molecule has 10 heteroatoms. The normalized spacial score (nSPS) is 22.6. The van der Waals surface area contributed by atoms with E-state index >= 15 is 0 Å². The second-order valence-electron chi connectivity index (χ2n) is 9.88. The van der Waals surface area contributed by atoms with E-state index in [2.05, 4.69) is 4.98 Å². The van der Waals surface area contributed by atoms with Gasteiger partial charge in [-0.1, -0.05) is 78.7 Å². The fourth-order valence-corrected chi connectivity index (χ4v) is 5.51. The maximum Gasteiger partial charge on any atom is 0.266 e. The molecule has 4 aromatic rings. The van der Waals surface area contributed by atoms with E-state index in [1.807, 2.05) is 31.2 Å². The first-order valence-electron chi connectivity index (χ1n) is 12.8. The Hall–Kier alpha value is -3.53. The number of fused-ring (bicyclic) bond motifs is 1. The van der Waals surface area contributed by atoms with E-state index in [1.54, 1.807) is 59.4 Å². The molecule has 3 aromatic carbocycles. The van der Waals surface area contributed by atoms with E-state index in [4.69, 9.17) is 32.7 Å². The van der Waals surface area contributed by atoms with E-state index < -0.39 is 6.29 Å². The topological polar surface area (TPSA) is 93.9 Å². The van der Waals surface area contributed by atoms with Crippen LogP contribution in [0.2, 0.25) is 10.3 Å². The number of aliphatic hydroxyl groups excluding tert-OH is 1. The Labute approximate surface area is 240 Å². The number of carbonyl (C=O) groups excluding carboxylic acids is 2. The van der Waals surface area contributed by atoms with Gasteiger partial charge in [0.05, 0.1) is 48.5 Å². The summed E-state index contributed by atoms with van der Waals surface area (Å²) in [6, 6.07) is 21.4. The van der Waals surface area contributed by atoms with Crippen molar-refractivity contribution in [1.82, 2.24) is 9.55 Å². The van der Waals surface area contributed by atoms with Crippen LogP contribution in [0.5, 0.6) is 0 Å². The maximum absolute atomic E-state index is 12.9. The Kier molecular flexibility index (Phi) is 7.20. The Morgan fingerprint density at radius 3 is 2.08 bits per heavy atom. The maximum atomic E-state index is 12.9. The second-order valence-corrected chi connectivity index (χ2v) is 10.6. The van der Waals surface area contributed by atoms with Crippen molar-refractivity contribution in [1.29, 1.82) is 0 Å². The van der Waals surface area contributed by atoms with Gasteiger partial charge in [0.2, 0.25) is 0 Å². The van der Waals surface area contributed by atoms with Crippen molar-refractivity contribution in [2.45, 2.75) is 38.6 Å². The number of hydrogen-bond donors (Lipinski definition) is 1. The van der Waals surface area contributed by atoms with Gasteiger partial charge in [0, 0.05) is 11.5 Å². The first kappa shape index (κ1) is 26.7. The van der Waals surface area contributed by atoms with Crippen molar-refractivity contribution in [2.75, 3.05) is 4.90 Å². The van der Waals surface area contributed by atoms with Gasteiger partial charge in [0.15, 0.2) is 11.4 Å². The molecule has 0 saturated carbocycles. The molecule has 0 aliphatic carbocycles. The third-order valence-corrected chi connectivity index (χ3v) is 8.22. The van der Waals surface area contributed by atoms with E-state index in [0.717, 1.165) is 16.7 Å². The Morgan fingerprint density at radius 1 is 0.875 bits per heavy atom. The molecular formula is C30H25Cl2N3O5. The Morgan fingerprint density at radius 2 is 1.50 bits per heavy atom. The minimum absolute atomic E-state index is 0.0466. The van der Waals surface area contributed by atoms with Crippen LogP contribution in [0.15, 0.2) is 79.1 Å². The lowest BCUT2D eigenvalue weighted by atomic mass is 9.90. The number of amides is 2. The molecule has 6 rings (SSSR count). The first-order chi connectivity index (χ1) is 19.4. The van der Waals surface area contributed by atoms with Crippen molar-refractivity contribution < 1.29 is 24.2 Å². The van der Waals surface area contributed by atoms with Crippen LogP contribution < -0.4 is 4.90 Å². The molecule has 4 atom stereocenters. The van der Waals surface area contributed by atoms with Crippen molar-refractivity contribution in [2.24, 2.45) is 5.92 Å². The largest absolute Gasteiger partial charge is 0.392 e. The summed E-state index contributed by atoms with van der Waals surface area (Å²) in [5.74, 6) is -0.782. The van der Waals surface area contributed by atoms with E-state index in [1.165, 1.54) is 4.90 Å². The summed E-state index contributed by atoms with van der Waals surface area (Å²) in [5.41, 5.74) is 3.72. The summed E-state index contributed by atoms with van der Waals surface area (Å²) >= 11 is 12.4. The quantitative estimate of drug-likeness (QED) is 0.283. The number of imidazole rings is 1. The summed E-state index contributed by atoms with van der Waals surface area (Å²) in [6.45, 7) is 2.40. The van der Waals surface area contributed by atoms with Gasteiger partial charge in [0.25, 0.3) is 11.8 Å². The summed E-state index contributed by atoms with van der Waals surface area (Å²) in [6.07, 6.45) is 0.190. The molecule has 1 aromatic heterocycles. The number of anilines is 1. The highest BCUT2D eigenvalue weighted by Gasteiger charge is 2.40. The highest BCUT2D eigenvalue weighted by molar-refractivity contribution is 6.40. The molecule has 2 amide bonds. The van der Waals surface area contributed by atoms with Gasteiger partial charge in [-0.3, -0.25) is 9.59 Å². The summed E-state index contributed by atoms with van der Waals surface area (Å²) < 4.78 is 14.7. The number of aromatic nitrogens is 2. The average molecular weight is 578 g/mol. The lowest BCUT2D eigenvalue weighted by Gasteiger charge is -2.41. The molecule has 2 aliphatic rings. The zero-order valence-corrected chi connectivity index (χ0v) is 22.9. The number of halogens is 2. The number of nitrogens with zero attached hydrogens (tertiary/aromatic N) is 3. The zero-order chi connectivity index (χ0) is 28.0. The fourth-order valence-electron chi connectivity index (χ4n) is 5.20. The van der Waals surface area contributed by atoms with E-state index in [0.29, 0.717) is 28.5 Å². The molecule has 204 valence electrons. The lowest BCUT2D eigenvalue weighted by Crippen LogP contribution is -2.39. The van der Waals surface area contributed by atoms with Gasteiger partial charge in [-0.05, 0) is 35.4 Å². The molecule has 40 heavy (non-hydrogen) atoms. The number of imide groups is 1. The number of carbonyl (C=O) groups is 2. The van der Waals surface area contributed by atoms with Gasteiger partial charge in [-0.25, -0.2) is 9.88 Å². The van der Waals surface area contributed by atoms with Crippen molar-refractivity contribution in [3.05, 3.63) is 117 Å². The van der Waals surface area contributed by atoms with Crippen LogP contribution in [0.3, 0.4) is 0 Å². The monoisotopic (exact) mass is 577 g/mol. The molecule has 1 fully saturated rings. The third-order valence-electron chi connectivity index (χ3n) is 7.45. The van der Waals surface area contributed by atoms with Crippen LogP contribution in [-0.2, 0) is 22.6 Å². The number of rotatable bonds is 6. The van der Waals surface area contributed by atoms with Crippen LogP contribution in [-0.4, -0.2) is 32.6 Å². The highest BCUT2D eigenvalue weighted by atomic mass is 35.5. The summed E-state index contributed by atoms with van der Waals surface area (Å²) in [5, 5.41) is 10.0. The Bertz CT molecular complexity index is 1540. The molecular weight excluding hydrogens is 553 g/mol. The van der Waals surface area contributed by atoms with Crippen LogP contribution in [0.1, 0.15) is 56.7 Å². The van der Waals surface area contributed by atoms with E-state index in [9.17, 15) is 14.7 Å². The van der Waals surface area contributed by atoms with Gasteiger partial charge in [0.1, 0.15) is 5.15 Å². The summed E-state index contributed by atoms with van der Waals surface area (Å²) in [7, 11) is 0. The van der Waals surface area contributed by atoms with Crippen LogP contribution in [0, 0.1) is 5.92 Å². The molecule has 1 N–H and O–H groups in total. The minimum Gasteiger partial charge on any atom is -0.392 e. The van der Waals surface area contributed by atoms with Gasteiger partial charge >= 0.3 is 0 Å². The smallest absolute Gasteiger partial charge is 0.266 e. The van der Waals surface area contributed by atoms with Crippen LogP contribution in [0.4, 0.5) is 5.69 Å². The third kappa shape index (κ3) is 4.72. The number of benzene rings is 3. The van der Waals surface area contributed by atoms with E-state index in [-0.39, 0.29) is 41.7 Å². The molecule has 2 aliphatic heterocycles. The predicted octanol–water partition coefficient (Wildman–Crippen LogP) is 5.97. The molecule has 0 spiro atoms. The Balaban J connectivity index is 1.29. The molecule has 3 heterocycles. The molecule has 1 saturated heterocycles. The molecule has 8 nitrogen and oxygen atoms in total. The number of hydrogen-bond acceptors (Lipinski definition) is 6. The van der Waals surface area contributed by atoms with Crippen molar-refractivity contribution in [3.8, 4) is 0 Å². The second kappa shape index (κ2) is 10.8. The van der Waals surface area contributed by atoms with Crippen molar-refractivity contribution in [3.63, 3.8) is 0 Å². The zero-order valence-electron chi connectivity index (χ0n) is 21.4. The van der Waals surface area contributed by atoms with Crippen LogP contribution in [0.25, 0.3) is 0 Å². The average Bonchev–Trinajstić information content (AvgIpc) is 3.44. The van der Waals surface area contributed by atoms with Crippen molar-refractivity contribution >= 4 is 40.7 Å². The SMILES string of the molecule is C[C@H]1[C@@H](Cn2cnc(Cl)c2Cl)O[C@@H](c2ccc(N3C(=O)c4ccccc4C3=O)cc2)O[C@H]1c1ccc(CO)cc1. The molecule has 0 bridgehead atoms. The molecule has 0 unspecified atom stereocenters. The van der Waals surface area contributed by atoms with Gasteiger partial charge < -0.3 is 19.1 Å². The van der Waals surface area contributed by atoms with Crippen LogP contribution >= 0.6 is 23.2 Å². The van der Waals surface area contributed by atoms with Gasteiger partial charge in [-0.2, -0.15) is 0 Å². The standard InChI is InChI=1S/C30H25Cl2N3O5/c1-17-24(14-34-16-33-26(31)27(34)32)39-30(40-25(17)19-8-6-18(15-36)7-9-19)20-10-12-21(13-11-20)35-28(37)22-4-2-3-5-23(22)29(35)38/h2-13,16-17,24-25,30,36H,14-15H2,1H3/t17-,24+,25+,30+/m0/s1. The van der Waals surface area contributed by atoms with Gasteiger partial charge in [-0.15, -0.1) is 0 Å². The summed E-state index contributed by atoms with van der Waals surface area (Å²) in [4.78, 5) is 31.1. The lowest BCUT2D eigenvalue weighted by molar-refractivity contribution is -0.276. The fraction of sp³-hybridized carbons (Fsp3) is 0.233. The number of ether oxygens (including phenoxy) is 2. The highest BCUT2D eigenvalue weighted by Crippen LogP contribution is 2.43.